The molecule has 0 aromatic carbocycles. The van der Waals surface area contributed by atoms with Crippen LogP contribution in [0.4, 0.5) is 0 Å². The maximum absolute atomic E-state index is 8.52. The van der Waals surface area contributed by atoms with Gasteiger partial charge in [0.25, 0.3) is 0 Å². The molecule has 0 N–H and O–H groups in total. The van der Waals surface area contributed by atoms with E-state index >= 15 is 0 Å². The number of hydrogen-bond donors (Lipinski definition) is 0. The van der Waals surface area contributed by atoms with E-state index in [0.717, 1.165) is 0 Å². The van der Waals surface area contributed by atoms with Crippen LogP contribution >= 0.6 is 0 Å². The molecule has 9 nitrogen and oxygen atoms in total. The van der Waals surface area contributed by atoms with Crippen LogP contribution in [0.5, 0.6) is 0 Å². The van der Waals surface area contributed by atoms with E-state index in [1.165, 1.54) is 0 Å². The van der Waals surface area contributed by atoms with Crippen LogP contribution in [-0.4, -0.2) is 145 Å². The molecule has 0 bridgehead atoms. The summed E-state index contributed by atoms with van der Waals surface area (Å²) >= 11 is 0. The minimum absolute atomic E-state index is 0. The van der Waals surface area contributed by atoms with Crippen molar-refractivity contribution < 1.29 is 42.2 Å². The fourth-order valence-corrected chi connectivity index (χ4v) is 0. The average Bonchev–Trinajstić information content (AvgIpc) is 1.54. The minimum Gasteiger partial charge on any atom is -0.672 e. The van der Waals surface area contributed by atoms with Crippen molar-refractivity contribution in [2.75, 3.05) is 0 Å². The van der Waals surface area contributed by atoms with E-state index in [4.69, 9.17) is 42.2 Å². The topological polar surface area (TPSA) is 190 Å². The van der Waals surface area contributed by atoms with Crippen molar-refractivity contribution in [3.05, 3.63) is 0 Å². The van der Waals surface area contributed by atoms with Gasteiger partial charge in [-0.3, -0.25) is 0 Å². The summed E-state index contributed by atoms with van der Waals surface area (Å²) in [5, 5.41) is 0. The predicted octanol–water partition coefficient (Wildman–Crippen LogP) is -9.78. The van der Waals surface area contributed by atoms with Crippen LogP contribution in [0.25, 0.3) is 0 Å². The Labute approximate surface area is 183 Å². The molecule has 0 aromatic rings. The van der Waals surface area contributed by atoms with Crippen LogP contribution in [0.3, 0.4) is 0 Å². The van der Waals surface area contributed by atoms with Gasteiger partial charge in [0.2, 0.25) is 0 Å². The molecule has 0 amide bonds. The van der Waals surface area contributed by atoms with Gasteiger partial charge in [-0.1, -0.05) is 0 Å². The van der Waals surface area contributed by atoms with Gasteiger partial charge in [0, 0.05) is 27.5 Å². The summed E-state index contributed by atoms with van der Waals surface area (Å²) < 4.78 is 25.6. The van der Waals surface area contributed by atoms with E-state index in [1.54, 1.807) is 0 Å². The summed E-state index contributed by atoms with van der Waals surface area (Å²) in [5.74, 6) is 0. The molecule has 0 aliphatic heterocycles. The van der Waals surface area contributed by atoms with Crippen molar-refractivity contribution in [1.29, 1.82) is 0 Å². The van der Waals surface area contributed by atoms with Crippen molar-refractivity contribution >= 4 is 145 Å². The van der Waals surface area contributed by atoms with Crippen LogP contribution in [-0.2, 0) is 13.4 Å². The Kier molecular flexibility index (Phi) is 72.2. The largest absolute Gasteiger partial charge is 2.00 e. The Morgan fingerprint density at radius 2 is 0.600 bits per heavy atom. The number of rotatable bonds is 0. The van der Waals surface area contributed by atoms with E-state index in [0.29, 0.717) is 0 Å². The molecule has 0 unspecified atom stereocenters. The molecular weight excluding hydrogens is 478 g/mol. The molecule has 0 atom stereocenters. The zero-order valence-electron chi connectivity index (χ0n) is 7.30. The Morgan fingerprint density at radius 3 is 0.600 bits per heavy atom. The van der Waals surface area contributed by atoms with Gasteiger partial charge in [0.05, 0.1) is 0 Å². The van der Waals surface area contributed by atoms with Crippen molar-refractivity contribution in [3.8, 4) is 0 Å². The van der Waals surface area contributed by atoms with Gasteiger partial charge < -0.3 is 42.2 Å². The molecule has 0 radical (unpaired) electrons. The van der Waals surface area contributed by atoms with E-state index in [-0.39, 0.29) is 117 Å². The van der Waals surface area contributed by atoms with Crippen molar-refractivity contribution in [3.63, 3.8) is 0 Å². The molecule has 72 valence electrons. The van der Waals surface area contributed by atoms with Crippen molar-refractivity contribution in [2.24, 2.45) is 0 Å². The second kappa shape index (κ2) is 30.1. The average molecular weight is 478 g/mol. The standard InChI is InChI=1S/Ba.Mg.3O3Si.Sr/c;;3*1-4(2)3;/q2*+2;3*-2;+2. The molecule has 0 aromatic heterocycles. The summed E-state index contributed by atoms with van der Waals surface area (Å²) in [6.07, 6.45) is 0. The second-order valence-electron chi connectivity index (χ2n) is 0.750. The summed E-state index contributed by atoms with van der Waals surface area (Å²) in [4.78, 5) is 51.1. The smallest absolute Gasteiger partial charge is 0.672 e. The minimum atomic E-state index is -3.63. The maximum Gasteiger partial charge on any atom is 2.00 e. The van der Waals surface area contributed by atoms with Crippen LogP contribution < -0.4 is 28.8 Å². The third-order valence-corrected chi connectivity index (χ3v) is 0. The van der Waals surface area contributed by atoms with Gasteiger partial charge in [-0.15, -0.1) is 0 Å². The van der Waals surface area contributed by atoms with Gasteiger partial charge in [-0.05, 0) is 0 Å². The van der Waals surface area contributed by atoms with Crippen LogP contribution in [0, 0.1) is 0 Å². The molecule has 15 heavy (non-hydrogen) atoms. The van der Waals surface area contributed by atoms with Crippen molar-refractivity contribution in [1.82, 2.24) is 0 Å². The van der Waals surface area contributed by atoms with Crippen molar-refractivity contribution in [2.45, 2.75) is 0 Å². The van der Waals surface area contributed by atoms with E-state index in [1.807, 2.05) is 0 Å². The third-order valence-electron chi connectivity index (χ3n) is 0. The first-order chi connectivity index (χ1) is 5.20. The van der Waals surface area contributed by atoms with Gasteiger partial charge in [0.15, 0.2) is 0 Å². The van der Waals surface area contributed by atoms with Crippen LogP contribution in [0.15, 0.2) is 0 Å². The summed E-state index contributed by atoms with van der Waals surface area (Å²) in [6.45, 7) is 0. The first-order valence-corrected chi connectivity index (χ1v) is 5.51. The molecular formula is BaMgO9Si3Sr. The molecule has 0 heterocycles. The fourth-order valence-electron chi connectivity index (χ4n) is 0. The summed E-state index contributed by atoms with van der Waals surface area (Å²) in [5.41, 5.74) is 0. The summed E-state index contributed by atoms with van der Waals surface area (Å²) in [7, 11) is -10.9. The quantitative estimate of drug-likeness (QED) is 0.305. The fraction of sp³-hybridized carbons (Fsp3) is 0. The zero-order chi connectivity index (χ0) is 10.7. The first-order valence-electron chi connectivity index (χ1n) is 1.84. The molecule has 0 spiro atoms. The van der Waals surface area contributed by atoms with Gasteiger partial charge in [0.1, 0.15) is 0 Å². The Hall–Kier alpha value is 2.67. The molecule has 0 saturated carbocycles. The molecule has 0 aliphatic rings. The van der Waals surface area contributed by atoms with Crippen LogP contribution in [0.1, 0.15) is 0 Å². The third kappa shape index (κ3) is 504. The Balaban J connectivity index is -0.0000000184. The first kappa shape index (κ1) is 36.1. The Bertz CT molecular complexity index is 123. The Morgan fingerprint density at radius 1 is 0.600 bits per heavy atom. The molecule has 0 saturated heterocycles. The normalized spacial score (nSPS) is 4.80. The summed E-state index contributed by atoms with van der Waals surface area (Å²) in [6, 6.07) is 0. The molecule has 0 fully saturated rings. The van der Waals surface area contributed by atoms with E-state index < -0.39 is 27.5 Å². The molecule has 0 rings (SSSR count). The van der Waals surface area contributed by atoms with E-state index in [2.05, 4.69) is 0 Å². The zero-order valence-corrected chi connectivity index (χ0v) is 19.6. The monoisotopic (exact) mass is 478 g/mol. The van der Waals surface area contributed by atoms with Gasteiger partial charge in [-0.2, -0.15) is 0 Å². The SMILES string of the molecule is O=[Si]([O-])[O-].O=[Si]([O-])[O-].O=[Si]([O-])[O-].[Ba+2].[Mg+2].[Sr+2]. The van der Waals surface area contributed by atoms with Gasteiger partial charge in [-0.25, -0.2) is 0 Å². The molecule has 0 aliphatic carbocycles. The second-order valence-corrected chi connectivity index (χ2v) is 2.25. The van der Waals surface area contributed by atoms with Crippen LogP contribution in [0.2, 0.25) is 0 Å². The van der Waals surface area contributed by atoms with Gasteiger partial charge >= 0.3 is 117 Å². The molecule has 15 heteroatoms. The predicted molar refractivity (Wildman–Crippen MR) is 36.6 cm³/mol. The number of hydrogen-bond acceptors (Lipinski definition) is 9. The van der Waals surface area contributed by atoms with E-state index in [9.17, 15) is 0 Å². The maximum atomic E-state index is 8.52.